The number of amides is 1. The van der Waals surface area contributed by atoms with Crippen LogP contribution in [-0.4, -0.2) is 20.6 Å². The maximum atomic E-state index is 13.4. The molecule has 1 heterocycles. The molecule has 13 heteroatoms. The number of rotatable bonds is 8. The fraction of sp³-hybridized carbons (Fsp3) is 0.238. The van der Waals surface area contributed by atoms with Crippen LogP contribution in [0.2, 0.25) is 5.02 Å². The zero-order chi connectivity index (χ0) is 25.2. The number of nitrogens with zero attached hydrogens (tertiary/aromatic N) is 3. The Morgan fingerprint density at radius 1 is 1.12 bits per heavy atom. The number of nitrogens with one attached hydrogen (secondary N) is 1. The van der Waals surface area contributed by atoms with Crippen molar-refractivity contribution in [2.75, 3.05) is 5.32 Å². The van der Waals surface area contributed by atoms with Crippen LogP contribution in [0.4, 0.5) is 28.9 Å². The van der Waals surface area contributed by atoms with Crippen LogP contribution < -0.4 is 10.1 Å². The average Bonchev–Trinajstić information content (AvgIpc) is 3.12. The predicted molar refractivity (Wildman–Crippen MR) is 115 cm³/mol. The number of aromatic nitrogens is 2. The smallest absolute Gasteiger partial charge is 0.283 e. The van der Waals surface area contributed by atoms with E-state index in [4.69, 9.17) is 16.3 Å². The van der Waals surface area contributed by atoms with Gasteiger partial charge >= 0.3 is 0 Å². The number of hydrogen-bond acceptors (Lipinski definition) is 5. The minimum Gasteiger partial charge on any atom is -0.457 e. The second-order valence-electron chi connectivity index (χ2n) is 7.18. The molecule has 8 nitrogen and oxygen atoms in total. The molecule has 0 aliphatic rings. The van der Waals surface area contributed by atoms with E-state index < -0.39 is 51.8 Å². The molecule has 1 amide bonds. The Balaban J connectivity index is 1.90. The molecule has 2 aromatic carbocycles. The van der Waals surface area contributed by atoms with Crippen LogP contribution in [0, 0.1) is 17.0 Å². The third-order valence-corrected chi connectivity index (χ3v) is 5.09. The summed E-state index contributed by atoms with van der Waals surface area (Å²) in [4.78, 5) is 23.3. The number of anilines is 1. The van der Waals surface area contributed by atoms with E-state index in [0.29, 0.717) is 10.4 Å². The van der Waals surface area contributed by atoms with Gasteiger partial charge in [-0.1, -0.05) is 29.3 Å². The number of non-ortho nitro benzene ring substituents is 1. The highest BCUT2D eigenvalue weighted by molar-refractivity contribution is 6.32. The number of nitro groups is 1. The number of aryl methyl sites for hydroxylation is 1. The first-order valence-electron chi connectivity index (χ1n) is 9.67. The Hall–Kier alpha value is -3.67. The van der Waals surface area contributed by atoms with E-state index in [2.05, 4.69) is 10.4 Å². The zero-order valence-electron chi connectivity index (χ0n) is 17.6. The van der Waals surface area contributed by atoms with Gasteiger partial charge in [0.05, 0.1) is 21.7 Å². The second-order valence-corrected chi connectivity index (χ2v) is 7.56. The number of hydrogen-bond donors (Lipinski definition) is 1. The van der Waals surface area contributed by atoms with E-state index in [0.717, 1.165) is 24.6 Å². The number of alkyl halides is 4. The first-order chi connectivity index (χ1) is 16.0. The molecule has 0 bridgehead atoms. The van der Waals surface area contributed by atoms with Crippen LogP contribution in [-0.2, 0) is 4.79 Å². The highest BCUT2D eigenvalue weighted by Gasteiger charge is 2.32. The van der Waals surface area contributed by atoms with E-state index in [1.165, 1.54) is 6.07 Å². The molecule has 34 heavy (non-hydrogen) atoms. The SMILES string of the molecule is Cc1ccc(Oc2cc(NC(=O)C(C)n3nc(C(F)F)c(Cl)c3C(F)F)cc([N+](=O)[O-])c2)cc1. The Kier molecular flexibility index (Phi) is 7.40. The minimum absolute atomic E-state index is 0.0244. The van der Waals surface area contributed by atoms with Gasteiger partial charge in [0.15, 0.2) is 0 Å². The zero-order valence-corrected chi connectivity index (χ0v) is 18.4. The van der Waals surface area contributed by atoms with Crippen molar-refractivity contribution in [1.82, 2.24) is 9.78 Å². The van der Waals surface area contributed by atoms with Crippen LogP contribution in [0.3, 0.4) is 0 Å². The molecule has 0 aliphatic heterocycles. The Labute approximate surface area is 195 Å². The lowest BCUT2D eigenvalue weighted by Gasteiger charge is -2.16. The van der Waals surface area contributed by atoms with Gasteiger partial charge in [0.1, 0.15) is 28.9 Å². The van der Waals surface area contributed by atoms with Crippen molar-refractivity contribution in [3.8, 4) is 11.5 Å². The van der Waals surface area contributed by atoms with Gasteiger partial charge in [0.2, 0.25) is 5.91 Å². The average molecular weight is 501 g/mol. The lowest BCUT2D eigenvalue weighted by molar-refractivity contribution is -0.384. The molecule has 1 unspecified atom stereocenters. The molecule has 3 rings (SSSR count). The number of carbonyl (C=O) groups is 1. The van der Waals surface area contributed by atoms with Gasteiger partial charge in [-0.25, -0.2) is 22.2 Å². The van der Waals surface area contributed by atoms with Gasteiger partial charge in [-0.05, 0) is 26.0 Å². The first-order valence-corrected chi connectivity index (χ1v) is 10.0. The molecule has 0 fully saturated rings. The Bertz CT molecular complexity index is 1220. The molecule has 180 valence electrons. The number of ether oxygens (including phenoxy) is 1. The van der Waals surface area contributed by atoms with E-state index in [1.807, 2.05) is 6.92 Å². The minimum atomic E-state index is -3.28. The maximum absolute atomic E-state index is 13.4. The summed E-state index contributed by atoms with van der Waals surface area (Å²) in [5, 5.41) is 16.1. The van der Waals surface area contributed by atoms with E-state index in [-0.39, 0.29) is 11.4 Å². The first kappa shape index (κ1) is 25.0. The van der Waals surface area contributed by atoms with Crippen molar-refractivity contribution in [2.45, 2.75) is 32.7 Å². The van der Waals surface area contributed by atoms with Gasteiger partial charge < -0.3 is 10.1 Å². The van der Waals surface area contributed by atoms with Crippen molar-refractivity contribution in [3.05, 3.63) is 74.6 Å². The predicted octanol–water partition coefficient (Wildman–Crippen LogP) is 6.62. The quantitative estimate of drug-likeness (QED) is 0.213. The van der Waals surface area contributed by atoms with Crippen LogP contribution in [0.15, 0.2) is 42.5 Å². The molecular formula is C21H17ClF4N4O4. The maximum Gasteiger partial charge on any atom is 0.283 e. The lowest BCUT2D eigenvalue weighted by Crippen LogP contribution is -2.26. The van der Waals surface area contributed by atoms with Crippen LogP contribution in [0.1, 0.15) is 42.8 Å². The number of carbonyl (C=O) groups excluding carboxylic acids is 1. The summed E-state index contributed by atoms with van der Waals surface area (Å²) in [6.45, 7) is 3.00. The fourth-order valence-corrected chi connectivity index (χ4v) is 3.29. The standard InChI is InChI=1S/C21H17ClF4N4O4/c1-10-3-5-14(6-4-10)34-15-8-12(7-13(9-15)30(32)33)27-21(31)11(2)29-18(20(25)26)16(22)17(28-29)19(23)24/h3-9,11,19-20H,1-2H3,(H,27,31). The summed E-state index contributed by atoms with van der Waals surface area (Å²) in [7, 11) is 0. The summed E-state index contributed by atoms with van der Waals surface area (Å²) < 4.78 is 59.0. The number of benzene rings is 2. The van der Waals surface area contributed by atoms with Crippen molar-refractivity contribution < 1.29 is 32.0 Å². The van der Waals surface area contributed by atoms with Crippen molar-refractivity contribution >= 4 is 28.9 Å². The number of halogens is 5. The number of nitro benzene ring substituents is 1. The Morgan fingerprint density at radius 3 is 2.32 bits per heavy atom. The van der Waals surface area contributed by atoms with Crippen molar-refractivity contribution in [1.29, 1.82) is 0 Å². The van der Waals surface area contributed by atoms with Crippen molar-refractivity contribution in [2.24, 2.45) is 0 Å². The normalized spacial score (nSPS) is 12.1. The van der Waals surface area contributed by atoms with E-state index in [9.17, 15) is 32.5 Å². The molecule has 3 aromatic rings. The monoisotopic (exact) mass is 500 g/mol. The molecule has 0 aliphatic carbocycles. The van der Waals surface area contributed by atoms with Gasteiger partial charge in [0, 0.05) is 12.1 Å². The van der Waals surface area contributed by atoms with Crippen LogP contribution in [0.5, 0.6) is 11.5 Å². The molecule has 0 spiro atoms. The summed E-state index contributed by atoms with van der Waals surface area (Å²) in [5.41, 5.74) is -1.66. The molecule has 1 atom stereocenters. The fourth-order valence-electron chi connectivity index (χ4n) is 3.00. The third kappa shape index (κ3) is 5.45. The van der Waals surface area contributed by atoms with Gasteiger partial charge in [-0.15, -0.1) is 0 Å². The van der Waals surface area contributed by atoms with Gasteiger partial charge in [-0.2, -0.15) is 5.10 Å². The lowest BCUT2D eigenvalue weighted by atomic mass is 10.2. The Morgan fingerprint density at radius 2 is 1.76 bits per heavy atom. The largest absolute Gasteiger partial charge is 0.457 e. The van der Waals surface area contributed by atoms with Gasteiger partial charge in [0.25, 0.3) is 18.5 Å². The molecule has 0 saturated heterocycles. The summed E-state index contributed by atoms with van der Waals surface area (Å²) >= 11 is 5.63. The molecular weight excluding hydrogens is 484 g/mol. The van der Waals surface area contributed by atoms with Crippen LogP contribution in [0.25, 0.3) is 0 Å². The van der Waals surface area contributed by atoms with Gasteiger partial charge in [-0.3, -0.25) is 14.9 Å². The summed E-state index contributed by atoms with van der Waals surface area (Å²) in [5.74, 6) is -0.552. The topological polar surface area (TPSA) is 99.3 Å². The highest BCUT2D eigenvalue weighted by Crippen LogP contribution is 2.36. The van der Waals surface area contributed by atoms with E-state index >= 15 is 0 Å². The molecule has 1 N–H and O–H groups in total. The highest BCUT2D eigenvalue weighted by atomic mass is 35.5. The van der Waals surface area contributed by atoms with E-state index in [1.54, 1.807) is 24.3 Å². The second kappa shape index (κ2) is 10.1. The molecule has 1 aromatic heterocycles. The van der Waals surface area contributed by atoms with Crippen molar-refractivity contribution in [3.63, 3.8) is 0 Å². The summed E-state index contributed by atoms with van der Waals surface area (Å²) in [6.07, 6.45) is -6.52. The van der Waals surface area contributed by atoms with Crippen LogP contribution >= 0.6 is 11.6 Å². The molecule has 0 radical (unpaired) electrons. The third-order valence-electron chi connectivity index (χ3n) is 4.70. The summed E-state index contributed by atoms with van der Waals surface area (Å²) in [6, 6.07) is 8.75. The molecule has 0 saturated carbocycles.